The Balaban J connectivity index is 2.55. The van der Waals surface area contributed by atoms with Crippen LogP contribution in [0.4, 0.5) is 13.2 Å². The number of aryl methyl sites for hydroxylation is 2. The standard InChI is InChI=1S/C16H13F3O2/c1-10-3-4-11(2)15(5-10)13-6-12(9-20)7-14(8-13)21-16(17,18)19/h3-9H,1-2H3. The second-order valence-electron chi connectivity index (χ2n) is 4.77. The van der Waals surface area contributed by atoms with Gasteiger partial charge < -0.3 is 4.74 Å². The smallest absolute Gasteiger partial charge is 0.406 e. The summed E-state index contributed by atoms with van der Waals surface area (Å²) in [4.78, 5) is 10.9. The van der Waals surface area contributed by atoms with Gasteiger partial charge in [0.05, 0.1) is 0 Å². The zero-order valence-electron chi connectivity index (χ0n) is 11.5. The maximum absolute atomic E-state index is 12.3. The first-order valence-corrected chi connectivity index (χ1v) is 6.22. The van der Waals surface area contributed by atoms with Crippen molar-refractivity contribution in [2.75, 3.05) is 0 Å². The normalized spacial score (nSPS) is 11.3. The molecule has 0 aromatic heterocycles. The van der Waals surface area contributed by atoms with Gasteiger partial charge in [-0.2, -0.15) is 0 Å². The molecular weight excluding hydrogens is 281 g/mol. The average molecular weight is 294 g/mol. The summed E-state index contributed by atoms with van der Waals surface area (Å²) in [5, 5.41) is 0. The van der Waals surface area contributed by atoms with Crippen molar-refractivity contribution in [3.8, 4) is 16.9 Å². The summed E-state index contributed by atoms with van der Waals surface area (Å²) in [6, 6.07) is 9.53. The molecule has 2 aromatic rings. The summed E-state index contributed by atoms with van der Waals surface area (Å²) >= 11 is 0. The highest BCUT2D eigenvalue weighted by atomic mass is 19.4. The molecule has 21 heavy (non-hydrogen) atoms. The fraction of sp³-hybridized carbons (Fsp3) is 0.188. The first-order chi connectivity index (χ1) is 9.78. The summed E-state index contributed by atoms with van der Waals surface area (Å²) < 4.78 is 40.9. The SMILES string of the molecule is Cc1ccc(C)c(-c2cc(C=O)cc(OC(F)(F)F)c2)c1. The Kier molecular flexibility index (Phi) is 4.02. The molecule has 0 atom stereocenters. The van der Waals surface area contributed by atoms with E-state index in [0.29, 0.717) is 11.8 Å². The van der Waals surface area contributed by atoms with Crippen molar-refractivity contribution in [1.29, 1.82) is 0 Å². The molecule has 2 rings (SSSR count). The topological polar surface area (TPSA) is 26.3 Å². The van der Waals surface area contributed by atoms with Gasteiger partial charge in [-0.3, -0.25) is 4.79 Å². The molecule has 0 heterocycles. The van der Waals surface area contributed by atoms with Crippen LogP contribution in [0.3, 0.4) is 0 Å². The Morgan fingerprint density at radius 3 is 2.38 bits per heavy atom. The molecule has 0 fully saturated rings. The van der Waals surface area contributed by atoms with Gasteiger partial charge in [0.2, 0.25) is 0 Å². The van der Waals surface area contributed by atoms with Crippen molar-refractivity contribution >= 4 is 6.29 Å². The molecule has 2 aromatic carbocycles. The number of carbonyl (C=O) groups excluding carboxylic acids is 1. The lowest BCUT2D eigenvalue weighted by atomic mass is 9.97. The molecule has 0 radical (unpaired) electrons. The highest BCUT2D eigenvalue weighted by molar-refractivity contribution is 5.81. The molecule has 0 aliphatic heterocycles. The molecule has 0 saturated carbocycles. The van der Waals surface area contributed by atoms with Crippen molar-refractivity contribution in [2.24, 2.45) is 0 Å². The fourth-order valence-corrected chi connectivity index (χ4v) is 2.09. The first kappa shape index (κ1) is 15.1. The minimum atomic E-state index is -4.79. The maximum Gasteiger partial charge on any atom is 0.573 e. The summed E-state index contributed by atoms with van der Waals surface area (Å²) in [6.45, 7) is 3.74. The molecule has 110 valence electrons. The monoisotopic (exact) mass is 294 g/mol. The van der Waals surface area contributed by atoms with Crippen LogP contribution >= 0.6 is 0 Å². The second-order valence-corrected chi connectivity index (χ2v) is 4.77. The zero-order valence-corrected chi connectivity index (χ0v) is 11.5. The van der Waals surface area contributed by atoms with E-state index in [9.17, 15) is 18.0 Å². The first-order valence-electron chi connectivity index (χ1n) is 6.22. The van der Waals surface area contributed by atoms with E-state index in [4.69, 9.17) is 0 Å². The number of hydrogen-bond acceptors (Lipinski definition) is 2. The molecule has 0 bridgehead atoms. The highest BCUT2D eigenvalue weighted by Gasteiger charge is 2.31. The largest absolute Gasteiger partial charge is 0.573 e. The Hall–Kier alpha value is -2.30. The number of hydrogen-bond donors (Lipinski definition) is 0. The maximum atomic E-state index is 12.3. The van der Waals surface area contributed by atoms with E-state index >= 15 is 0 Å². The van der Waals surface area contributed by atoms with Crippen LogP contribution in [0.2, 0.25) is 0 Å². The zero-order chi connectivity index (χ0) is 15.6. The van der Waals surface area contributed by atoms with Crippen molar-refractivity contribution in [1.82, 2.24) is 0 Å². The van der Waals surface area contributed by atoms with E-state index in [1.165, 1.54) is 12.1 Å². The van der Waals surface area contributed by atoms with E-state index in [0.717, 1.165) is 22.8 Å². The van der Waals surface area contributed by atoms with Crippen molar-refractivity contribution < 1.29 is 22.7 Å². The highest BCUT2D eigenvalue weighted by Crippen LogP contribution is 2.31. The molecule has 0 unspecified atom stereocenters. The van der Waals surface area contributed by atoms with Crippen LogP contribution in [-0.4, -0.2) is 12.6 Å². The van der Waals surface area contributed by atoms with E-state index in [1.807, 2.05) is 32.0 Å². The minimum Gasteiger partial charge on any atom is -0.406 e. The Morgan fingerprint density at radius 1 is 1.05 bits per heavy atom. The van der Waals surface area contributed by atoms with Gasteiger partial charge in [-0.25, -0.2) is 0 Å². The van der Waals surface area contributed by atoms with Crippen LogP contribution in [0, 0.1) is 13.8 Å². The number of aldehydes is 1. The fourth-order valence-electron chi connectivity index (χ4n) is 2.09. The second kappa shape index (κ2) is 5.60. The van der Waals surface area contributed by atoms with Crippen LogP contribution < -0.4 is 4.74 Å². The summed E-state index contributed by atoms with van der Waals surface area (Å²) in [7, 11) is 0. The van der Waals surface area contributed by atoms with Crippen LogP contribution in [0.15, 0.2) is 36.4 Å². The predicted octanol–water partition coefficient (Wildman–Crippen LogP) is 4.68. The van der Waals surface area contributed by atoms with Gasteiger partial charge in [0, 0.05) is 5.56 Å². The Labute approximate surface area is 120 Å². The molecular formula is C16H13F3O2. The Bertz CT molecular complexity index is 676. The summed E-state index contributed by atoms with van der Waals surface area (Å²) in [5.74, 6) is -0.400. The minimum absolute atomic E-state index is 0.132. The van der Waals surface area contributed by atoms with Crippen LogP contribution in [0.1, 0.15) is 21.5 Å². The molecule has 0 aliphatic rings. The lowest BCUT2D eigenvalue weighted by Crippen LogP contribution is -2.17. The molecule has 2 nitrogen and oxygen atoms in total. The average Bonchev–Trinajstić information content (AvgIpc) is 2.39. The lowest BCUT2D eigenvalue weighted by molar-refractivity contribution is -0.274. The van der Waals surface area contributed by atoms with E-state index in [-0.39, 0.29) is 5.56 Å². The third kappa shape index (κ3) is 3.84. The molecule has 0 aliphatic carbocycles. The lowest BCUT2D eigenvalue weighted by Gasteiger charge is -2.13. The predicted molar refractivity (Wildman–Crippen MR) is 73.4 cm³/mol. The number of benzene rings is 2. The van der Waals surface area contributed by atoms with Gasteiger partial charge in [-0.1, -0.05) is 23.8 Å². The van der Waals surface area contributed by atoms with E-state index in [2.05, 4.69) is 4.74 Å². The van der Waals surface area contributed by atoms with Gasteiger partial charge in [-0.15, -0.1) is 13.2 Å². The van der Waals surface area contributed by atoms with E-state index < -0.39 is 12.1 Å². The summed E-state index contributed by atoms with van der Waals surface area (Å²) in [6.07, 6.45) is -4.29. The third-order valence-electron chi connectivity index (χ3n) is 3.00. The van der Waals surface area contributed by atoms with Gasteiger partial charge in [0.15, 0.2) is 0 Å². The van der Waals surface area contributed by atoms with Crippen molar-refractivity contribution in [3.63, 3.8) is 0 Å². The van der Waals surface area contributed by atoms with Crippen molar-refractivity contribution in [2.45, 2.75) is 20.2 Å². The number of carbonyl (C=O) groups is 1. The van der Waals surface area contributed by atoms with Gasteiger partial charge in [0.25, 0.3) is 0 Å². The van der Waals surface area contributed by atoms with Gasteiger partial charge in [0.1, 0.15) is 12.0 Å². The van der Waals surface area contributed by atoms with Crippen LogP contribution in [0.25, 0.3) is 11.1 Å². The molecule has 0 saturated heterocycles. The Morgan fingerprint density at radius 2 is 1.76 bits per heavy atom. The molecule has 0 amide bonds. The molecule has 0 N–H and O–H groups in total. The quantitative estimate of drug-likeness (QED) is 0.768. The molecule has 0 spiro atoms. The third-order valence-corrected chi connectivity index (χ3v) is 3.00. The van der Waals surface area contributed by atoms with Gasteiger partial charge >= 0.3 is 6.36 Å². The number of ether oxygens (including phenoxy) is 1. The van der Waals surface area contributed by atoms with Gasteiger partial charge in [-0.05, 0) is 48.7 Å². The van der Waals surface area contributed by atoms with Crippen LogP contribution in [-0.2, 0) is 0 Å². The number of alkyl halides is 3. The van der Waals surface area contributed by atoms with E-state index in [1.54, 1.807) is 0 Å². The van der Waals surface area contributed by atoms with Crippen LogP contribution in [0.5, 0.6) is 5.75 Å². The summed E-state index contributed by atoms with van der Waals surface area (Å²) in [5.41, 5.74) is 3.30. The van der Waals surface area contributed by atoms with Crippen molar-refractivity contribution in [3.05, 3.63) is 53.1 Å². The number of halogens is 3. The molecule has 5 heteroatoms. The number of rotatable bonds is 3.